The van der Waals surface area contributed by atoms with Crippen molar-refractivity contribution in [2.45, 2.75) is 6.92 Å². The molecule has 0 saturated heterocycles. The summed E-state index contributed by atoms with van der Waals surface area (Å²) in [6, 6.07) is 16.7. The Kier molecular flexibility index (Phi) is 2.95. The first kappa shape index (κ1) is 12.4. The summed E-state index contributed by atoms with van der Waals surface area (Å²) in [7, 11) is 0. The summed E-state index contributed by atoms with van der Waals surface area (Å²) in [6.07, 6.45) is 0. The van der Waals surface area contributed by atoms with Gasteiger partial charge in [-0.2, -0.15) is 0 Å². The lowest BCUT2D eigenvalue weighted by molar-refractivity contribution is 0.103. The fourth-order valence-corrected chi connectivity index (χ4v) is 2.15. The van der Waals surface area contributed by atoms with E-state index in [9.17, 15) is 4.79 Å². The number of para-hydroxylation sites is 1. The maximum absolute atomic E-state index is 12.4. The standard InChI is InChI=1S/C17H14N2O/c1-11-5-7-13(8-6-11)17(20)15-10-9-12-3-2-4-14(18)16(12)19-15/h2-10H,18H2,1H3. The van der Waals surface area contributed by atoms with Gasteiger partial charge in [0, 0.05) is 10.9 Å². The highest BCUT2D eigenvalue weighted by atomic mass is 16.1. The zero-order chi connectivity index (χ0) is 14.1. The number of carbonyl (C=O) groups is 1. The minimum atomic E-state index is -0.0878. The van der Waals surface area contributed by atoms with Crippen molar-refractivity contribution in [3.63, 3.8) is 0 Å². The molecule has 0 aliphatic carbocycles. The van der Waals surface area contributed by atoms with Crippen molar-refractivity contribution < 1.29 is 4.79 Å². The lowest BCUT2D eigenvalue weighted by atomic mass is 10.0. The molecule has 0 atom stereocenters. The van der Waals surface area contributed by atoms with Gasteiger partial charge in [-0.25, -0.2) is 4.98 Å². The molecule has 2 N–H and O–H groups in total. The molecule has 0 bridgehead atoms. The van der Waals surface area contributed by atoms with Crippen LogP contribution >= 0.6 is 0 Å². The van der Waals surface area contributed by atoms with Gasteiger partial charge in [0.1, 0.15) is 5.69 Å². The second-order valence-electron chi connectivity index (χ2n) is 4.81. The van der Waals surface area contributed by atoms with Gasteiger partial charge in [0.2, 0.25) is 5.78 Å². The topological polar surface area (TPSA) is 56.0 Å². The molecule has 0 radical (unpaired) electrons. The van der Waals surface area contributed by atoms with E-state index in [4.69, 9.17) is 5.73 Å². The Labute approximate surface area is 117 Å². The number of nitrogens with two attached hydrogens (primary N) is 1. The average Bonchev–Trinajstić information content (AvgIpc) is 2.47. The van der Waals surface area contributed by atoms with Gasteiger partial charge in [-0.05, 0) is 19.1 Å². The predicted octanol–water partition coefficient (Wildman–Crippen LogP) is 3.36. The van der Waals surface area contributed by atoms with E-state index in [0.29, 0.717) is 22.5 Å². The van der Waals surface area contributed by atoms with Crippen LogP contribution in [0, 0.1) is 6.92 Å². The summed E-state index contributed by atoms with van der Waals surface area (Å²) in [5.41, 5.74) is 9.34. The molecule has 2 aromatic carbocycles. The van der Waals surface area contributed by atoms with Gasteiger partial charge in [0.25, 0.3) is 0 Å². The number of carbonyl (C=O) groups excluding carboxylic acids is 1. The normalized spacial score (nSPS) is 10.7. The van der Waals surface area contributed by atoms with Crippen molar-refractivity contribution in [1.29, 1.82) is 0 Å². The van der Waals surface area contributed by atoms with Crippen LogP contribution in [0.5, 0.6) is 0 Å². The zero-order valence-electron chi connectivity index (χ0n) is 11.1. The van der Waals surface area contributed by atoms with E-state index in [1.165, 1.54) is 0 Å². The molecule has 0 saturated carbocycles. The van der Waals surface area contributed by atoms with E-state index in [-0.39, 0.29) is 5.78 Å². The number of nitrogens with zero attached hydrogens (tertiary/aromatic N) is 1. The van der Waals surface area contributed by atoms with Gasteiger partial charge in [0.15, 0.2) is 0 Å². The Bertz CT molecular complexity index is 792. The highest BCUT2D eigenvalue weighted by Gasteiger charge is 2.11. The quantitative estimate of drug-likeness (QED) is 0.569. The Morgan fingerprint density at radius 2 is 1.75 bits per heavy atom. The van der Waals surface area contributed by atoms with Gasteiger partial charge in [-0.15, -0.1) is 0 Å². The summed E-state index contributed by atoms with van der Waals surface area (Å²) in [5.74, 6) is -0.0878. The number of ketones is 1. The van der Waals surface area contributed by atoms with Crippen molar-refractivity contribution in [2.75, 3.05) is 5.73 Å². The number of fused-ring (bicyclic) bond motifs is 1. The Morgan fingerprint density at radius 1 is 1.00 bits per heavy atom. The van der Waals surface area contributed by atoms with Crippen LogP contribution in [0.2, 0.25) is 0 Å². The summed E-state index contributed by atoms with van der Waals surface area (Å²) < 4.78 is 0. The molecule has 0 aliphatic rings. The second kappa shape index (κ2) is 4.78. The number of pyridine rings is 1. The molecule has 3 rings (SSSR count). The highest BCUT2D eigenvalue weighted by Crippen LogP contribution is 2.20. The van der Waals surface area contributed by atoms with Crippen LogP contribution < -0.4 is 5.73 Å². The fourth-order valence-electron chi connectivity index (χ4n) is 2.15. The lowest BCUT2D eigenvalue weighted by Crippen LogP contribution is -2.04. The third-order valence-corrected chi connectivity index (χ3v) is 3.30. The summed E-state index contributed by atoms with van der Waals surface area (Å²) >= 11 is 0. The maximum Gasteiger partial charge on any atom is 0.211 e. The van der Waals surface area contributed by atoms with Gasteiger partial charge < -0.3 is 5.73 Å². The molecule has 0 aliphatic heterocycles. The van der Waals surface area contributed by atoms with Crippen LogP contribution in [-0.4, -0.2) is 10.8 Å². The molecule has 0 fully saturated rings. The SMILES string of the molecule is Cc1ccc(C(=O)c2ccc3cccc(N)c3n2)cc1. The molecule has 1 heterocycles. The molecule has 0 unspecified atom stereocenters. The first-order chi connectivity index (χ1) is 9.65. The van der Waals surface area contributed by atoms with E-state index in [2.05, 4.69) is 4.98 Å². The lowest BCUT2D eigenvalue weighted by Gasteiger charge is -2.05. The van der Waals surface area contributed by atoms with E-state index in [1.54, 1.807) is 12.1 Å². The molecule has 3 aromatic rings. The summed E-state index contributed by atoms with van der Waals surface area (Å²) in [5, 5.41) is 0.936. The van der Waals surface area contributed by atoms with Gasteiger partial charge in [-0.3, -0.25) is 4.79 Å². The molecule has 1 aromatic heterocycles. The van der Waals surface area contributed by atoms with E-state index < -0.39 is 0 Å². The number of hydrogen-bond acceptors (Lipinski definition) is 3. The second-order valence-corrected chi connectivity index (χ2v) is 4.81. The Hall–Kier alpha value is -2.68. The largest absolute Gasteiger partial charge is 0.397 e. The van der Waals surface area contributed by atoms with Crippen LogP contribution in [0.15, 0.2) is 54.6 Å². The molecular formula is C17H14N2O. The number of aryl methyl sites for hydroxylation is 1. The van der Waals surface area contributed by atoms with Crippen molar-refractivity contribution in [2.24, 2.45) is 0 Å². The molecule has 3 heteroatoms. The third-order valence-electron chi connectivity index (χ3n) is 3.30. The van der Waals surface area contributed by atoms with Crippen LogP contribution in [0.1, 0.15) is 21.6 Å². The fraction of sp³-hybridized carbons (Fsp3) is 0.0588. The number of rotatable bonds is 2. The molecular weight excluding hydrogens is 248 g/mol. The van der Waals surface area contributed by atoms with E-state index in [0.717, 1.165) is 10.9 Å². The van der Waals surface area contributed by atoms with Crippen LogP contribution in [0.25, 0.3) is 10.9 Å². The predicted molar refractivity (Wildman–Crippen MR) is 80.8 cm³/mol. The van der Waals surface area contributed by atoms with Gasteiger partial charge in [-0.1, -0.05) is 48.0 Å². The van der Waals surface area contributed by atoms with E-state index >= 15 is 0 Å². The van der Waals surface area contributed by atoms with Crippen LogP contribution in [0.3, 0.4) is 0 Å². The third kappa shape index (κ3) is 2.14. The Morgan fingerprint density at radius 3 is 2.50 bits per heavy atom. The van der Waals surface area contributed by atoms with Crippen LogP contribution in [-0.2, 0) is 0 Å². The molecule has 98 valence electrons. The molecule has 0 spiro atoms. The highest BCUT2D eigenvalue weighted by molar-refractivity contribution is 6.09. The van der Waals surface area contributed by atoms with Crippen molar-refractivity contribution in [1.82, 2.24) is 4.98 Å². The Balaban J connectivity index is 2.08. The summed E-state index contributed by atoms with van der Waals surface area (Å²) in [4.78, 5) is 16.8. The maximum atomic E-state index is 12.4. The number of benzene rings is 2. The van der Waals surface area contributed by atoms with Crippen LogP contribution in [0.4, 0.5) is 5.69 Å². The summed E-state index contributed by atoms with van der Waals surface area (Å²) in [6.45, 7) is 1.99. The van der Waals surface area contributed by atoms with E-state index in [1.807, 2.05) is 49.4 Å². The number of nitrogen functional groups attached to an aromatic ring is 1. The number of hydrogen-bond donors (Lipinski definition) is 1. The first-order valence-corrected chi connectivity index (χ1v) is 6.42. The van der Waals surface area contributed by atoms with Crippen molar-refractivity contribution in [3.8, 4) is 0 Å². The van der Waals surface area contributed by atoms with Gasteiger partial charge >= 0.3 is 0 Å². The zero-order valence-corrected chi connectivity index (χ0v) is 11.1. The van der Waals surface area contributed by atoms with Crippen molar-refractivity contribution >= 4 is 22.4 Å². The minimum absolute atomic E-state index is 0.0878. The van der Waals surface area contributed by atoms with Crippen molar-refractivity contribution in [3.05, 3.63) is 71.4 Å². The molecule has 3 nitrogen and oxygen atoms in total. The molecule has 20 heavy (non-hydrogen) atoms. The first-order valence-electron chi connectivity index (χ1n) is 6.42. The smallest absolute Gasteiger partial charge is 0.211 e. The minimum Gasteiger partial charge on any atom is -0.397 e. The average molecular weight is 262 g/mol. The molecule has 0 amide bonds. The number of aromatic nitrogens is 1. The van der Waals surface area contributed by atoms with Gasteiger partial charge in [0.05, 0.1) is 11.2 Å². The monoisotopic (exact) mass is 262 g/mol. The number of anilines is 1.